The normalized spacial score (nSPS) is 19.5. The van der Waals surface area contributed by atoms with Crippen LogP contribution in [0.2, 0.25) is 0 Å². The first-order chi connectivity index (χ1) is 27.4. The monoisotopic (exact) mass is 910 g/mol. The Bertz CT molecular complexity index is 2560. The van der Waals surface area contributed by atoms with Crippen LogP contribution < -0.4 is 5.46 Å². The Morgan fingerprint density at radius 3 is 1.34 bits per heavy atom. The summed E-state index contributed by atoms with van der Waals surface area (Å²) in [7, 11) is -0.604. The highest BCUT2D eigenvalue weighted by Crippen LogP contribution is 2.39. The van der Waals surface area contributed by atoms with Crippen LogP contribution in [-0.2, 0) is 14.0 Å². The van der Waals surface area contributed by atoms with Gasteiger partial charge in [-0.2, -0.15) is 0 Å². The van der Waals surface area contributed by atoms with E-state index in [9.17, 15) is 37.5 Å². The molecule has 1 fully saturated rings. The maximum absolute atomic E-state index is 13.2. The zero-order chi connectivity index (χ0) is 41.8. The fourth-order valence-electron chi connectivity index (χ4n) is 6.88. The third-order valence-corrected chi connectivity index (χ3v) is 11.7. The molecule has 292 valence electrons. The van der Waals surface area contributed by atoms with Crippen molar-refractivity contribution in [3.63, 3.8) is 0 Å². The van der Waals surface area contributed by atoms with E-state index in [1.54, 1.807) is 54.6 Å². The number of Topliss-reactive ketones (excluding diaryl/α,β-unsaturated/α-hetero) is 4. The number of carbonyl (C=O) groups excluding carboxylic acids is 6. The number of esters is 2. The van der Waals surface area contributed by atoms with Crippen LogP contribution in [-0.4, -0.2) is 53.4 Å². The lowest BCUT2D eigenvalue weighted by Crippen LogP contribution is -2.41. The predicted molar refractivity (Wildman–Crippen MR) is 216 cm³/mol. The average molecular weight is 912 g/mol. The summed E-state index contributed by atoms with van der Waals surface area (Å²) in [4.78, 5) is 72.1. The van der Waals surface area contributed by atoms with Gasteiger partial charge in [0, 0.05) is 31.2 Å². The van der Waals surface area contributed by atoms with Crippen LogP contribution >= 0.6 is 31.9 Å². The molecule has 0 aromatic heterocycles. The van der Waals surface area contributed by atoms with Crippen LogP contribution in [0.25, 0.3) is 0 Å². The third kappa shape index (κ3) is 7.57. The number of ether oxygens (including phenoxy) is 1. The number of hydrogen-bond acceptors (Lipinski definition) is 9. The minimum atomic E-state index is -0.922. The van der Waals surface area contributed by atoms with Gasteiger partial charge < -0.3 is 14.0 Å². The van der Waals surface area contributed by atoms with E-state index in [1.807, 2.05) is 27.7 Å². The first-order valence-electron chi connectivity index (χ1n) is 17.9. The van der Waals surface area contributed by atoms with Crippen LogP contribution in [0.4, 0.5) is 8.78 Å². The zero-order valence-corrected chi connectivity index (χ0v) is 34.4. The summed E-state index contributed by atoms with van der Waals surface area (Å²) in [6.45, 7) is 7.83. The van der Waals surface area contributed by atoms with Crippen LogP contribution in [0.3, 0.4) is 0 Å². The van der Waals surface area contributed by atoms with Gasteiger partial charge >= 0.3 is 19.1 Å². The van der Waals surface area contributed by atoms with Crippen molar-refractivity contribution in [3.8, 4) is 0 Å². The summed E-state index contributed by atoms with van der Waals surface area (Å²) in [6, 6.07) is 25.9. The van der Waals surface area contributed by atoms with E-state index in [4.69, 9.17) is 9.31 Å². The van der Waals surface area contributed by atoms with Gasteiger partial charge in [-0.25, -0.2) is 18.4 Å². The first kappa shape index (κ1) is 40.9. The molecule has 0 saturated carbocycles. The first-order valence-corrected chi connectivity index (χ1v) is 19.5. The van der Waals surface area contributed by atoms with E-state index in [-0.39, 0.29) is 29.0 Å². The predicted octanol–water partition coefficient (Wildman–Crippen LogP) is 8.80. The van der Waals surface area contributed by atoms with Crippen molar-refractivity contribution in [2.75, 3.05) is 0 Å². The average Bonchev–Trinajstić information content (AvgIpc) is 3.78. The van der Waals surface area contributed by atoms with Gasteiger partial charge in [0.05, 0.1) is 22.3 Å². The number of carbonyl (C=O) groups is 6. The lowest BCUT2D eigenvalue weighted by molar-refractivity contribution is 0.00578. The van der Waals surface area contributed by atoms with E-state index < -0.39 is 47.9 Å². The van der Waals surface area contributed by atoms with Crippen molar-refractivity contribution in [1.29, 1.82) is 0 Å². The Balaban J connectivity index is 0.000000143. The second-order valence-corrected chi connectivity index (χ2v) is 16.7. The van der Waals surface area contributed by atoms with Crippen molar-refractivity contribution in [1.82, 2.24) is 0 Å². The molecule has 5 aromatic carbocycles. The lowest BCUT2D eigenvalue weighted by atomic mass is 9.78. The number of cyclic esters (lactones) is 2. The van der Waals surface area contributed by atoms with Gasteiger partial charge in [-0.15, -0.1) is 0 Å². The van der Waals surface area contributed by atoms with Crippen molar-refractivity contribution >= 4 is 79.5 Å². The molecule has 58 heavy (non-hydrogen) atoms. The molecule has 9 nitrogen and oxygen atoms in total. The Morgan fingerprint density at radius 1 is 0.483 bits per heavy atom. The van der Waals surface area contributed by atoms with Crippen LogP contribution in [0, 0.1) is 11.6 Å². The molecule has 0 N–H and O–H groups in total. The molecule has 0 bridgehead atoms. The van der Waals surface area contributed by atoms with Crippen LogP contribution in [0.5, 0.6) is 0 Å². The molecule has 14 heteroatoms. The van der Waals surface area contributed by atoms with Gasteiger partial charge in [-0.1, -0.05) is 74.3 Å². The van der Waals surface area contributed by atoms with Gasteiger partial charge in [0.1, 0.15) is 23.5 Å². The standard InChI is InChI=1S/C21H20BFO4.C15H8BrFO2.C8H3BrO3/c1-20(2)21(3,4)27-22(26-20)13-7-10-15-16(11-13)19(25)17(18(15)24)12-5-8-14(23)9-6-12;16-9-3-6-11-12(7-9)15(19)13(14(11)18)8-1-4-10(17)5-2-8;9-4-1-2-5-6(3-4)8(11)12-7(5)10/h5-11,17H,1-4H3;1-7,13H;1-3H. The lowest BCUT2D eigenvalue weighted by Gasteiger charge is -2.32. The van der Waals surface area contributed by atoms with E-state index in [2.05, 4.69) is 36.6 Å². The molecular weight excluding hydrogens is 881 g/mol. The Kier molecular flexibility index (Phi) is 10.9. The highest BCUT2D eigenvalue weighted by Gasteiger charge is 2.52. The Labute approximate surface area is 348 Å². The molecule has 2 atom stereocenters. The van der Waals surface area contributed by atoms with Crippen molar-refractivity contribution in [2.45, 2.75) is 50.7 Å². The minimum Gasteiger partial charge on any atom is -0.399 e. The molecule has 2 aliphatic carbocycles. The smallest absolute Gasteiger partial charge is 0.399 e. The van der Waals surface area contributed by atoms with Gasteiger partial charge in [0.2, 0.25) is 0 Å². The van der Waals surface area contributed by atoms with Crippen molar-refractivity contribution < 1.29 is 51.6 Å². The second-order valence-electron chi connectivity index (χ2n) is 14.9. The number of ketones is 4. The summed E-state index contributed by atoms with van der Waals surface area (Å²) in [6.07, 6.45) is 0. The summed E-state index contributed by atoms with van der Waals surface area (Å²) >= 11 is 6.48. The van der Waals surface area contributed by atoms with Crippen molar-refractivity contribution in [2.24, 2.45) is 0 Å². The van der Waals surface area contributed by atoms with Gasteiger partial charge in [0.15, 0.2) is 23.1 Å². The SMILES string of the molecule is CC1(C)OB(c2ccc3c(c2)C(=O)C(c2ccc(F)cc2)C3=O)OC1(C)C.O=C1OC(=O)c2cc(Br)ccc21.O=C1c2ccc(Br)cc2C(=O)C1c1ccc(F)cc1. The molecule has 1 saturated heterocycles. The molecule has 9 rings (SSSR count). The zero-order valence-electron chi connectivity index (χ0n) is 31.2. The highest BCUT2D eigenvalue weighted by atomic mass is 79.9. The molecule has 2 aliphatic heterocycles. The number of fused-ring (bicyclic) bond motifs is 3. The van der Waals surface area contributed by atoms with E-state index in [1.165, 1.54) is 48.5 Å². The fraction of sp³-hybridized carbons (Fsp3) is 0.182. The maximum atomic E-state index is 13.2. The number of hydrogen-bond donors (Lipinski definition) is 0. The van der Waals surface area contributed by atoms with Gasteiger partial charge in [-0.05, 0) is 105 Å². The quantitative estimate of drug-likeness (QED) is 0.0991. The third-order valence-electron chi connectivity index (χ3n) is 10.7. The summed E-state index contributed by atoms with van der Waals surface area (Å²) in [5.74, 6) is -4.69. The summed E-state index contributed by atoms with van der Waals surface area (Å²) in [5.41, 5.74) is 3.02. The van der Waals surface area contributed by atoms with Crippen LogP contribution in [0.1, 0.15) is 113 Å². The molecule has 0 spiro atoms. The molecule has 2 unspecified atom stereocenters. The second kappa shape index (κ2) is 15.5. The number of halogens is 4. The minimum absolute atomic E-state index is 0.223. The number of benzene rings is 5. The Hall–Kier alpha value is -5.28. The molecule has 2 heterocycles. The van der Waals surface area contributed by atoms with Gasteiger partial charge in [0.25, 0.3) is 0 Å². The summed E-state index contributed by atoms with van der Waals surface area (Å²) < 4.78 is 44.1. The van der Waals surface area contributed by atoms with E-state index in [0.717, 1.165) is 8.95 Å². The molecular formula is C44H31BBr2F2O9. The van der Waals surface area contributed by atoms with Crippen LogP contribution in [0.15, 0.2) is 112 Å². The maximum Gasteiger partial charge on any atom is 0.494 e. The van der Waals surface area contributed by atoms with E-state index in [0.29, 0.717) is 50.0 Å². The fourth-order valence-corrected chi connectivity index (χ4v) is 7.60. The van der Waals surface area contributed by atoms with Gasteiger partial charge in [-0.3, -0.25) is 19.2 Å². The molecule has 0 amide bonds. The topological polar surface area (TPSA) is 130 Å². The van der Waals surface area contributed by atoms with Crippen molar-refractivity contribution in [3.05, 3.63) is 168 Å². The highest BCUT2D eigenvalue weighted by molar-refractivity contribution is 9.10. The number of rotatable bonds is 3. The Morgan fingerprint density at radius 2 is 0.862 bits per heavy atom. The largest absolute Gasteiger partial charge is 0.494 e. The molecule has 4 aliphatic rings. The van der Waals surface area contributed by atoms with E-state index >= 15 is 0 Å². The molecule has 0 radical (unpaired) electrons. The molecule has 5 aromatic rings. The summed E-state index contributed by atoms with van der Waals surface area (Å²) in [5, 5.41) is 0.